The molecule has 1 saturated heterocycles. The zero-order chi connectivity index (χ0) is 21.5. The van der Waals surface area contributed by atoms with E-state index in [1.54, 1.807) is 0 Å². The highest BCUT2D eigenvalue weighted by Gasteiger charge is 2.31. The molecule has 1 fully saturated rings. The Morgan fingerprint density at radius 1 is 0.800 bits per heavy atom. The van der Waals surface area contributed by atoms with Crippen LogP contribution in [0.5, 0.6) is 0 Å². The lowest BCUT2D eigenvalue weighted by Crippen LogP contribution is -2.46. The molecule has 1 aliphatic rings. The molecular formula is C20H18F6N4. The summed E-state index contributed by atoms with van der Waals surface area (Å²) in [6, 6.07) is 8.52. The molecular weight excluding hydrogens is 410 g/mol. The lowest BCUT2D eigenvalue weighted by atomic mass is 10.1. The number of piperazine rings is 1. The minimum absolute atomic E-state index is 0.326. The Morgan fingerprint density at radius 2 is 1.40 bits per heavy atom. The van der Waals surface area contributed by atoms with Gasteiger partial charge >= 0.3 is 12.4 Å². The van der Waals surface area contributed by atoms with Crippen molar-refractivity contribution in [1.82, 2.24) is 14.9 Å². The molecule has 1 aromatic heterocycles. The maximum Gasteiger partial charge on any atom is 0.416 e. The zero-order valence-electron chi connectivity index (χ0n) is 15.7. The van der Waals surface area contributed by atoms with E-state index in [2.05, 4.69) is 14.9 Å². The van der Waals surface area contributed by atoms with Crippen LogP contribution in [0.15, 0.2) is 42.5 Å². The van der Waals surface area contributed by atoms with Crippen LogP contribution in [0.4, 0.5) is 32.3 Å². The molecule has 4 rings (SSSR count). The van der Waals surface area contributed by atoms with Crippen LogP contribution in [0.1, 0.15) is 16.7 Å². The fourth-order valence-electron chi connectivity index (χ4n) is 3.50. The molecule has 0 saturated carbocycles. The highest BCUT2D eigenvalue weighted by molar-refractivity contribution is 5.78. The van der Waals surface area contributed by atoms with E-state index in [0.717, 1.165) is 29.8 Å². The third-order valence-electron chi connectivity index (χ3n) is 5.16. The Labute approximate surface area is 168 Å². The van der Waals surface area contributed by atoms with E-state index in [1.807, 2.05) is 4.90 Å². The molecule has 2 aromatic carbocycles. The van der Waals surface area contributed by atoms with Gasteiger partial charge in [-0.3, -0.25) is 4.90 Å². The van der Waals surface area contributed by atoms with Gasteiger partial charge < -0.3 is 9.88 Å². The SMILES string of the molecule is FC(F)(F)c1ccc(CN2CCN(c3nc4ccc(C(F)(F)F)cc4[nH]3)CC2)cc1. The first kappa shape index (κ1) is 20.5. The van der Waals surface area contributed by atoms with Crippen LogP contribution in [0, 0.1) is 0 Å². The van der Waals surface area contributed by atoms with Crippen molar-refractivity contribution in [3.63, 3.8) is 0 Å². The Kier molecular flexibility index (Phi) is 5.13. The summed E-state index contributed by atoms with van der Waals surface area (Å²) in [6.45, 7) is 3.05. The van der Waals surface area contributed by atoms with Crippen LogP contribution < -0.4 is 4.90 Å². The number of hydrogen-bond donors (Lipinski definition) is 1. The Bertz CT molecular complexity index is 1010. The number of nitrogens with zero attached hydrogens (tertiary/aromatic N) is 3. The number of benzene rings is 2. The number of nitrogens with one attached hydrogen (secondary N) is 1. The average molecular weight is 428 g/mol. The van der Waals surface area contributed by atoms with Gasteiger partial charge in [-0.15, -0.1) is 0 Å². The van der Waals surface area contributed by atoms with Crippen LogP contribution in [0.25, 0.3) is 11.0 Å². The summed E-state index contributed by atoms with van der Waals surface area (Å²) in [6.07, 6.45) is -8.76. The lowest BCUT2D eigenvalue weighted by molar-refractivity contribution is -0.138. The molecule has 2 heterocycles. The first-order chi connectivity index (χ1) is 14.1. The number of fused-ring (bicyclic) bond motifs is 1. The number of halogens is 6. The predicted octanol–water partition coefficient (Wildman–Crippen LogP) is 4.92. The van der Waals surface area contributed by atoms with Crippen molar-refractivity contribution >= 4 is 17.0 Å². The Morgan fingerprint density at radius 3 is 2.00 bits per heavy atom. The average Bonchev–Trinajstić information content (AvgIpc) is 3.11. The van der Waals surface area contributed by atoms with Crippen molar-refractivity contribution in [2.24, 2.45) is 0 Å². The van der Waals surface area contributed by atoms with Gasteiger partial charge in [-0.2, -0.15) is 26.3 Å². The summed E-state index contributed by atoms with van der Waals surface area (Å²) in [4.78, 5) is 11.4. The van der Waals surface area contributed by atoms with Gasteiger partial charge in [0.2, 0.25) is 5.95 Å². The monoisotopic (exact) mass is 428 g/mol. The molecule has 0 aliphatic carbocycles. The molecule has 0 atom stereocenters. The highest BCUT2D eigenvalue weighted by atomic mass is 19.4. The molecule has 0 radical (unpaired) electrons. The smallest absolute Gasteiger partial charge is 0.340 e. The molecule has 0 bridgehead atoms. The van der Waals surface area contributed by atoms with Gasteiger partial charge in [0.15, 0.2) is 0 Å². The first-order valence-corrected chi connectivity index (χ1v) is 9.30. The molecule has 10 heteroatoms. The van der Waals surface area contributed by atoms with Crippen molar-refractivity contribution < 1.29 is 26.3 Å². The van der Waals surface area contributed by atoms with Gasteiger partial charge in [-0.25, -0.2) is 4.98 Å². The fourth-order valence-corrected chi connectivity index (χ4v) is 3.50. The predicted molar refractivity (Wildman–Crippen MR) is 100 cm³/mol. The van der Waals surface area contributed by atoms with Crippen molar-refractivity contribution in [2.75, 3.05) is 31.1 Å². The number of hydrogen-bond acceptors (Lipinski definition) is 3. The number of aromatic amines is 1. The summed E-state index contributed by atoms with van der Waals surface area (Å²) in [5.41, 5.74) is 0.179. The Balaban J connectivity index is 1.38. The summed E-state index contributed by atoms with van der Waals surface area (Å²) >= 11 is 0. The maximum absolute atomic E-state index is 12.9. The molecule has 1 N–H and O–H groups in total. The van der Waals surface area contributed by atoms with Crippen molar-refractivity contribution in [3.05, 3.63) is 59.2 Å². The van der Waals surface area contributed by atoms with Crippen LogP contribution in [0.3, 0.4) is 0 Å². The van der Waals surface area contributed by atoms with E-state index in [0.29, 0.717) is 49.7 Å². The van der Waals surface area contributed by atoms with Crippen LogP contribution in [0.2, 0.25) is 0 Å². The van der Waals surface area contributed by atoms with E-state index >= 15 is 0 Å². The number of H-pyrrole nitrogens is 1. The van der Waals surface area contributed by atoms with Crippen molar-refractivity contribution in [2.45, 2.75) is 18.9 Å². The summed E-state index contributed by atoms with van der Waals surface area (Å²) < 4.78 is 76.6. The van der Waals surface area contributed by atoms with E-state index in [4.69, 9.17) is 0 Å². The largest absolute Gasteiger partial charge is 0.416 e. The van der Waals surface area contributed by atoms with Crippen LogP contribution >= 0.6 is 0 Å². The minimum atomic E-state index is -4.41. The lowest BCUT2D eigenvalue weighted by Gasteiger charge is -2.34. The molecule has 0 spiro atoms. The summed E-state index contributed by atoms with van der Waals surface area (Å²) in [5.74, 6) is 0.513. The van der Waals surface area contributed by atoms with Gasteiger partial charge in [0.25, 0.3) is 0 Å². The topological polar surface area (TPSA) is 35.2 Å². The normalized spacial score (nSPS) is 16.4. The minimum Gasteiger partial charge on any atom is -0.340 e. The standard InChI is InChI=1S/C20H18F6N4/c21-19(22,23)14-3-1-13(2-4-14)12-29-7-9-30(10-8-29)18-27-16-6-5-15(20(24,25)26)11-17(16)28-18/h1-6,11H,7-10,12H2,(H,27,28). The number of alkyl halides is 6. The first-order valence-electron chi connectivity index (χ1n) is 9.30. The number of aromatic nitrogens is 2. The third-order valence-corrected chi connectivity index (χ3v) is 5.16. The number of imidazole rings is 1. The molecule has 3 aromatic rings. The summed E-state index contributed by atoms with van der Waals surface area (Å²) in [5, 5.41) is 0. The molecule has 30 heavy (non-hydrogen) atoms. The summed E-state index contributed by atoms with van der Waals surface area (Å²) in [7, 11) is 0. The fraction of sp³-hybridized carbons (Fsp3) is 0.350. The number of anilines is 1. The van der Waals surface area contributed by atoms with E-state index in [9.17, 15) is 26.3 Å². The second-order valence-corrected chi connectivity index (χ2v) is 7.25. The van der Waals surface area contributed by atoms with Crippen LogP contribution in [-0.4, -0.2) is 41.0 Å². The van der Waals surface area contributed by atoms with E-state index in [-0.39, 0.29) is 0 Å². The molecule has 0 unspecified atom stereocenters. The van der Waals surface area contributed by atoms with Crippen LogP contribution in [-0.2, 0) is 18.9 Å². The molecule has 0 amide bonds. The van der Waals surface area contributed by atoms with Crippen molar-refractivity contribution in [3.8, 4) is 0 Å². The number of rotatable bonds is 3. The zero-order valence-corrected chi connectivity index (χ0v) is 15.7. The van der Waals surface area contributed by atoms with Gasteiger partial charge in [-0.1, -0.05) is 12.1 Å². The second kappa shape index (κ2) is 7.50. The van der Waals surface area contributed by atoms with Gasteiger partial charge in [0, 0.05) is 32.7 Å². The van der Waals surface area contributed by atoms with E-state index in [1.165, 1.54) is 18.2 Å². The second-order valence-electron chi connectivity index (χ2n) is 7.25. The van der Waals surface area contributed by atoms with E-state index < -0.39 is 23.5 Å². The third kappa shape index (κ3) is 4.38. The molecule has 160 valence electrons. The molecule has 1 aliphatic heterocycles. The molecule has 4 nitrogen and oxygen atoms in total. The maximum atomic E-state index is 12.9. The van der Waals surface area contributed by atoms with Crippen molar-refractivity contribution in [1.29, 1.82) is 0 Å². The van der Waals surface area contributed by atoms with Gasteiger partial charge in [-0.05, 0) is 35.9 Å². The van der Waals surface area contributed by atoms with Gasteiger partial charge in [0.1, 0.15) is 0 Å². The Hall–Kier alpha value is -2.75. The van der Waals surface area contributed by atoms with Gasteiger partial charge in [0.05, 0.1) is 22.2 Å². The quantitative estimate of drug-likeness (QED) is 0.602. The highest BCUT2D eigenvalue weighted by Crippen LogP contribution is 2.32.